The molecule has 31 heavy (non-hydrogen) atoms. The van der Waals surface area contributed by atoms with Crippen molar-refractivity contribution in [3.8, 4) is 17.1 Å². The fourth-order valence-electron chi connectivity index (χ4n) is 3.40. The number of hydrogen-bond donors (Lipinski definition) is 2. The summed E-state index contributed by atoms with van der Waals surface area (Å²) in [5.41, 5.74) is 1.91. The monoisotopic (exact) mass is 435 g/mol. The summed E-state index contributed by atoms with van der Waals surface area (Å²) in [6.45, 7) is 0.793. The Morgan fingerprint density at radius 1 is 1.13 bits per heavy atom. The minimum Gasteiger partial charge on any atom is -0.491 e. The van der Waals surface area contributed by atoms with Gasteiger partial charge in [0.25, 0.3) is 0 Å². The zero-order chi connectivity index (χ0) is 21.2. The molecular formula is C22H18FN5O2S. The molecule has 0 bridgehead atoms. The molecule has 7 nitrogen and oxygen atoms in total. The van der Waals surface area contributed by atoms with E-state index in [4.69, 9.17) is 14.5 Å². The van der Waals surface area contributed by atoms with Crippen molar-refractivity contribution in [3.05, 3.63) is 60.0 Å². The minimum absolute atomic E-state index is 0.315. The quantitative estimate of drug-likeness (QED) is 0.344. The third-order valence-corrected chi connectivity index (χ3v) is 5.79. The maximum atomic E-state index is 14.8. The first-order chi connectivity index (χ1) is 15.2. The van der Waals surface area contributed by atoms with Gasteiger partial charge in [-0.3, -0.25) is 0 Å². The van der Waals surface area contributed by atoms with Crippen molar-refractivity contribution in [1.29, 1.82) is 0 Å². The molecule has 0 aliphatic carbocycles. The molecule has 0 radical (unpaired) electrons. The number of benzene rings is 2. The second kappa shape index (κ2) is 8.29. The predicted octanol–water partition coefficient (Wildman–Crippen LogP) is 5.14. The highest BCUT2D eigenvalue weighted by atomic mass is 32.1. The Labute approximate surface area is 180 Å². The van der Waals surface area contributed by atoms with Crippen LogP contribution in [-0.2, 0) is 4.74 Å². The number of nitrogens with one attached hydrogen (secondary N) is 2. The highest BCUT2D eigenvalue weighted by Gasteiger charge is 2.16. The van der Waals surface area contributed by atoms with E-state index >= 15 is 0 Å². The van der Waals surface area contributed by atoms with Crippen LogP contribution in [0.1, 0.15) is 0 Å². The number of halogens is 1. The number of para-hydroxylation sites is 1. The number of ether oxygens (including phenoxy) is 2. The van der Waals surface area contributed by atoms with E-state index in [1.807, 2.05) is 29.6 Å². The normalized spacial score (nSPS) is 11.3. The number of methoxy groups -OCH3 is 1. The molecular weight excluding hydrogens is 417 g/mol. The molecule has 3 aromatic heterocycles. The molecule has 9 heteroatoms. The Bertz CT molecular complexity index is 1350. The zero-order valence-corrected chi connectivity index (χ0v) is 17.4. The number of hydrogen-bond acceptors (Lipinski definition) is 7. The molecule has 0 atom stereocenters. The number of rotatable bonds is 7. The van der Waals surface area contributed by atoms with Gasteiger partial charge in [-0.2, -0.15) is 0 Å². The summed E-state index contributed by atoms with van der Waals surface area (Å²) in [4.78, 5) is 7.88. The number of thiophene rings is 1. The molecule has 2 N–H and O–H groups in total. The van der Waals surface area contributed by atoms with E-state index in [1.165, 1.54) is 12.4 Å². The van der Waals surface area contributed by atoms with Gasteiger partial charge in [-0.25, -0.2) is 9.37 Å². The van der Waals surface area contributed by atoms with Gasteiger partial charge in [-0.1, -0.05) is 12.1 Å². The van der Waals surface area contributed by atoms with Crippen LogP contribution in [0, 0.1) is 5.82 Å². The number of pyridine rings is 1. The molecule has 0 aliphatic rings. The van der Waals surface area contributed by atoms with Gasteiger partial charge >= 0.3 is 0 Å². The van der Waals surface area contributed by atoms with Crippen molar-refractivity contribution in [3.63, 3.8) is 0 Å². The summed E-state index contributed by atoms with van der Waals surface area (Å²) >= 11 is 1.61. The molecule has 0 saturated carbocycles. The SMILES string of the molecule is COCCOc1ccc(Nc2nc3c(-c4nnc[nH]4)cccc3c3sccc23)c(F)c1. The second-order valence-electron chi connectivity index (χ2n) is 6.77. The third kappa shape index (κ3) is 3.69. The van der Waals surface area contributed by atoms with Crippen molar-refractivity contribution in [1.82, 2.24) is 20.2 Å². The molecule has 0 aliphatic heterocycles. The number of fused-ring (bicyclic) bond motifs is 3. The summed E-state index contributed by atoms with van der Waals surface area (Å²) in [5, 5.41) is 15.1. The van der Waals surface area contributed by atoms with E-state index < -0.39 is 5.82 Å². The number of nitrogens with zero attached hydrogens (tertiary/aromatic N) is 3. The average molecular weight is 435 g/mol. The Balaban J connectivity index is 1.57. The summed E-state index contributed by atoms with van der Waals surface area (Å²) in [7, 11) is 1.59. The molecule has 5 rings (SSSR count). The van der Waals surface area contributed by atoms with E-state index in [9.17, 15) is 4.39 Å². The first kappa shape index (κ1) is 19.4. The standard InChI is InChI=1S/C22H18FN5O2S/c1-29-8-9-30-13-5-6-18(17(23)11-13)26-22-16-7-10-31-20(16)14-3-2-4-15(19(14)27-22)21-24-12-25-28-21/h2-7,10-12H,8-9H2,1H3,(H,26,27)(H,24,25,28). The molecule has 0 fully saturated rings. The topological polar surface area (TPSA) is 84.9 Å². The molecule has 0 spiro atoms. The number of H-pyrrole nitrogens is 1. The molecule has 5 aromatic rings. The lowest BCUT2D eigenvalue weighted by atomic mass is 10.1. The fourth-order valence-corrected chi connectivity index (χ4v) is 4.33. The molecule has 0 unspecified atom stereocenters. The van der Waals surface area contributed by atoms with E-state index in [0.717, 1.165) is 26.6 Å². The summed E-state index contributed by atoms with van der Waals surface area (Å²) in [6, 6.07) is 12.6. The van der Waals surface area contributed by atoms with Crippen molar-refractivity contribution in [2.24, 2.45) is 0 Å². The molecule has 2 aromatic carbocycles. The lowest BCUT2D eigenvalue weighted by molar-refractivity contribution is 0.146. The second-order valence-corrected chi connectivity index (χ2v) is 7.69. The maximum Gasteiger partial charge on any atom is 0.163 e. The van der Waals surface area contributed by atoms with Crippen LogP contribution in [-0.4, -0.2) is 40.5 Å². The van der Waals surface area contributed by atoms with Gasteiger partial charge in [0.15, 0.2) is 5.82 Å². The van der Waals surface area contributed by atoms with E-state index in [1.54, 1.807) is 30.6 Å². The van der Waals surface area contributed by atoms with Crippen LogP contribution in [0.25, 0.3) is 32.4 Å². The third-order valence-electron chi connectivity index (χ3n) is 4.85. The van der Waals surface area contributed by atoms with Crippen molar-refractivity contribution in [2.75, 3.05) is 25.6 Å². The number of aromatic amines is 1. The first-order valence-electron chi connectivity index (χ1n) is 9.59. The van der Waals surface area contributed by atoms with E-state index in [-0.39, 0.29) is 0 Å². The maximum absolute atomic E-state index is 14.8. The van der Waals surface area contributed by atoms with Gasteiger partial charge in [0.1, 0.15) is 30.3 Å². The zero-order valence-electron chi connectivity index (χ0n) is 16.6. The van der Waals surface area contributed by atoms with Crippen molar-refractivity contribution >= 4 is 43.8 Å². The van der Waals surface area contributed by atoms with Gasteiger partial charge < -0.3 is 19.8 Å². The first-order valence-corrected chi connectivity index (χ1v) is 10.5. The van der Waals surface area contributed by atoms with Crippen LogP contribution >= 0.6 is 11.3 Å². The predicted molar refractivity (Wildman–Crippen MR) is 120 cm³/mol. The average Bonchev–Trinajstić information content (AvgIpc) is 3.48. The van der Waals surface area contributed by atoms with Gasteiger partial charge in [0.05, 0.1) is 17.8 Å². The van der Waals surface area contributed by atoms with E-state index in [0.29, 0.717) is 36.3 Å². The van der Waals surface area contributed by atoms with Gasteiger partial charge in [-0.15, -0.1) is 21.5 Å². The van der Waals surface area contributed by atoms with Crippen LogP contribution in [0.2, 0.25) is 0 Å². The van der Waals surface area contributed by atoms with Crippen molar-refractivity contribution < 1.29 is 13.9 Å². The molecule has 0 saturated heterocycles. The van der Waals surface area contributed by atoms with Gasteiger partial charge in [-0.05, 0) is 29.6 Å². The van der Waals surface area contributed by atoms with Crippen LogP contribution < -0.4 is 10.1 Å². The van der Waals surface area contributed by atoms with Gasteiger partial charge in [0, 0.05) is 34.2 Å². The smallest absolute Gasteiger partial charge is 0.163 e. The fraction of sp³-hybridized carbons (Fsp3) is 0.136. The van der Waals surface area contributed by atoms with Crippen LogP contribution in [0.4, 0.5) is 15.9 Å². The Hall–Kier alpha value is -3.56. The number of aromatic nitrogens is 4. The molecule has 156 valence electrons. The van der Waals surface area contributed by atoms with Crippen LogP contribution in [0.15, 0.2) is 54.2 Å². The molecule has 3 heterocycles. The highest BCUT2D eigenvalue weighted by Crippen LogP contribution is 2.38. The lowest BCUT2D eigenvalue weighted by Gasteiger charge is -2.13. The minimum atomic E-state index is -0.427. The number of anilines is 2. The highest BCUT2D eigenvalue weighted by molar-refractivity contribution is 7.18. The largest absolute Gasteiger partial charge is 0.491 e. The van der Waals surface area contributed by atoms with Crippen LogP contribution in [0.3, 0.4) is 0 Å². The Kier molecular flexibility index (Phi) is 5.19. The van der Waals surface area contributed by atoms with Crippen LogP contribution in [0.5, 0.6) is 5.75 Å². The summed E-state index contributed by atoms with van der Waals surface area (Å²) < 4.78 is 26.3. The molecule has 0 amide bonds. The van der Waals surface area contributed by atoms with Gasteiger partial charge in [0.2, 0.25) is 0 Å². The summed E-state index contributed by atoms with van der Waals surface area (Å²) in [6.07, 6.45) is 1.53. The Morgan fingerprint density at radius 2 is 2.06 bits per heavy atom. The Morgan fingerprint density at radius 3 is 2.87 bits per heavy atom. The van der Waals surface area contributed by atoms with E-state index in [2.05, 4.69) is 20.5 Å². The van der Waals surface area contributed by atoms with Crippen molar-refractivity contribution in [2.45, 2.75) is 0 Å². The lowest BCUT2D eigenvalue weighted by Crippen LogP contribution is -2.05. The summed E-state index contributed by atoms with van der Waals surface area (Å²) in [5.74, 6) is 1.22.